The van der Waals surface area contributed by atoms with Crippen LogP contribution in [0.4, 0.5) is 0 Å². The standard InChI is InChI=1S/C48H57Cl3O6/c1-29(28-55-44(52)31-8-15-35(49)16-9-31)6-5-7-30(2)43-42(57-46(54)33-12-19-37(51)20-13-33)27-41-39-21-14-34-26-38(56-45(53)32-10-17-36(50)18-11-32)22-24-47(34,3)40(39)23-25-48(41,43)4/h8-13,15-20,29-30,34,38-43H,5-7,14,21-28H2,1-4H3/t29?,30-,34?,38?,39-,40+,41+,42?,43+,47+,48+/m1/s1. The van der Waals surface area contributed by atoms with E-state index >= 15 is 0 Å². The second kappa shape index (κ2) is 17.7. The Labute approximate surface area is 353 Å². The fourth-order valence-electron chi connectivity index (χ4n) is 12.0. The summed E-state index contributed by atoms with van der Waals surface area (Å²) in [6.07, 6.45) is 11.1. The first kappa shape index (κ1) is 42.1. The number of hydrogen-bond acceptors (Lipinski definition) is 6. The van der Waals surface area contributed by atoms with Gasteiger partial charge in [-0.3, -0.25) is 0 Å². The Balaban J connectivity index is 1.01. The van der Waals surface area contributed by atoms with Gasteiger partial charge >= 0.3 is 17.9 Å². The topological polar surface area (TPSA) is 78.9 Å². The molecule has 0 aromatic heterocycles. The molecule has 0 radical (unpaired) electrons. The fourth-order valence-corrected chi connectivity index (χ4v) is 12.4. The molecule has 4 aliphatic rings. The van der Waals surface area contributed by atoms with E-state index in [2.05, 4.69) is 27.7 Å². The summed E-state index contributed by atoms with van der Waals surface area (Å²) >= 11 is 18.2. The van der Waals surface area contributed by atoms with Crippen LogP contribution in [-0.2, 0) is 14.2 Å². The average molecular weight is 836 g/mol. The van der Waals surface area contributed by atoms with Crippen LogP contribution < -0.4 is 0 Å². The van der Waals surface area contributed by atoms with Crippen LogP contribution in [0.25, 0.3) is 0 Å². The molecule has 4 saturated carbocycles. The molecule has 0 N–H and O–H groups in total. The van der Waals surface area contributed by atoms with Crippen LogP contribution in [0, 0.1) is 52.3 Å². The van der Waals surface area contributed by atoms with Crippen molar-refractivity contribution >= 4 is 52.7 Å². The normalized spacial score (nSPS) is 31.5. The van der Waals surface area contributed by atoms with E-state index in [9.17, 15) is 14.4 Å². The van der Waals surface area contributed by atoms with Crippen molar-refractivity contribution in [3.8, 4) is 0 Å². The lowest BCUT2D eigenvalue weighted by Crippen LogP contribution is -2.54. The van der Waals surface area contributed by atoms with Crippen LogP contribution in [0.1, 0.15) is 129 Å². The average Bonchev–Trinajstić information content (AvgIpc) is 3.49. The molecule has 306 valence electrons. The zero-order valence-corrected chi connectivity index (χ0v) is 36.0. The van der Waals surface area contributed by atoms with Crippen molar-refractivity contribution in [2.75, 3.05) is 6.61 Å². The number of carbonyl (C=O) groups is 3. The monoisotopic (exact) mass is 834 g/mol. The first-order valence-electron chi connectivity index (χ1n) is 21.1. The largest absolute Gasteiger partial charge is 0.462 e. The summed E-state index contributed by atoms with van der Waals surface area (Å²) < 4.78 is 18.3. The third-order valence-corrected chi connectivity index (χ3v) is 15.7. The van der Waals surface area contributed by atoms with Gasteiger partial charge in [0.1, 0.15) is 12.2 Å². The number of hydrogen-bond donors (Lipinski definition) is 0. The number of halogens is 3. The molecule has 4 aliphatic carbocycles. The minimum atomic E-state index is -0.328. The molecule has 0 aliphatic heterocycles. The number of ether oxygens (including phenoxy) is 3. The molecule has 4 fully saturated rings. The van der Waals surface area contributed by atoms with Crippen molar-refractivity contribution in [2.45, 2.75) is 111 Å². The molecule has 0 saturated heterocycles. The van der Waals surface area contributed by atoms with Gasteiger partial charge in [-0.1, -0.05) is 75.3 Å². The van der Waals surface area contributed by atoms with E-state index in [-0.39, 0.29) is 52.8 Å². The number of rotatable bonds is 12. The third kappa shape index (κ3) is 9.09. The molecule has 0 spiro atoms. The Morgan fingerprint density at radius 3 is 1.79 bits per heavy atom. The minimum Gasteiger partial charge on any atom is -0.462 e. The van der Waals surface area contributed by atoms with Gasteiger partial charge in [0, 0.05) is 21.0 Å². The smallest absolute Gasteiger partial charge is 0.338 e. The molecule has 0 amide bonds. The lowest BCUT2D eigenvalue weighted by molar-refractivity contribution is -0.131. The van der Waals surface area contributed by atoms with Crippen molar-refractivity contribution in [1.82, 2.24) is 0 Å². The molecule has 4 unspecified atom stereocenters. The first-order chi connectivity index (χ1) is 27.2. The van der Waals surface area contributed by atoms with Gasteiger partial charge in [-0.15, -0.1) is 0 Å². The van der Waals surface area contributed by atoms with E-state index in [1.807, 2.05) is 0 Å². The molecular weight excluding hydrogens is 779 g/mol. The molecular formula is C48H57Cl3O6. The molecule has 0 heterocycles. The maximum Gasteiger partial charge on any atom is 0.338 e. The molecule has 9 heteroatoms. The predicted octanol–water partition coefficient (Wildman–Crippen LogP) is 13.0. The lowest BCUT2D eigenvalue weighted by Gasteiger charge is -2.61. The van der Waals surface area contributed by atoms with E-state index in [0.717, 1.165) is 64.2 Å². The van der Waals surface area contributed by atoms with Crippen molar-refractivity contribution < 1.29 is 28.6 Å². The van der Waals surface area contributed by atoms with Gasteiger partial charge in [-0.05, 0) is 177 Å². The van der Waals surface area contributed by atoms with Gasteiger partial charge in [0.2, 0.25) is 0 Å². The highest BCUT2D eigenvalue weighted by Crippen LogP contribution is 2.69. The van der Waals surface area contributed by atoms with Gasteiger partial charge in [0.15, 0.2) is 0 Å². The Kier molecular flexibility index (Phi) is 13.0. The van der Waals surface area contributed by atoms with E-state index in [4.69, 9.17) is 49.0 Å². The van der Waals surface area contributed by atoms with Gasteiger partial charge in [0.05, 0.1) is 23.3 Å². The van der Waals surface area contributed by atoms with Crippen LogP contribution in [0.5, 0.6) is 0 Å². The Morgan fingerprint density at radius 2 is 1.19 bits per heavy atom. The molecule has 7 rings (SSSR count). The number of benzene rings is 3. The highest BCUT2D eigenvalue weighted by molar-refractivity contribution is 6.31. The highest BCUT2D eigenvalue weighted by Gasteiger charge is 2.64. The summed E-state index contributed by atoms with van der Waals surface area (Å²) in [5.41, 5.74) is 1.83. The molecule has 57 heavy (non-hydrogen) atoms. The zero-order chi connectivity index (χ0) is 40.5. The Morgan fingerprint density at radius 1 is 0.649 bits per heavy atom. The number of esters is 3. The molecule has 6 nitrogen and oxygen atoms in total. The lowest BCUT2D eigenvalue weighted by atomic mass is 9.44. The van der Waals surface area contributed by atoms with Gasteiger partial charge in [-0.25, -0.2) is 14.4 Å². The second-order valence-corrected chi connectivity index (χ2v) is 19.7. The Hall–Kier alpha value is -3.06. The minimum absolute atomic E-state index is 0.0553. The summed E-state index contributed by atoms with van der Waals surface area (Å²) in [7, 11) is 0. The zero-order valence-electron chi connectivity index (χ0n) is 33.7. The second-order valence-electron chi connectivity index (χ2n) is 18.3. The van der Waals surface area contributed by atoms with Crippen molar-refractivity contribution in [3.05, 3.63) is 105 Å². The fraction of sp³-hybridized carbons (Fsp3) is 0.562. The highest BCUT2D eigenvalue weighted by atomic mass is 35.5. The summed E-state index contributed by atoms with van der Waals surface area (Å²) in [5, 5.41) is 1.78. The van der Waals surface area contributed by atoms with Crippen LogP contribution >= 0.6 is 34.8 Å². The number of carbonyl (C=O) groups excluding carboxylic acids is 3. The Bertz CT molecular complexity index is 1880. The predicted molar refractivity (Wildman–Crippen MR) is 226 cm³/mol. The maximum atomic E-state index is 13.7. The van der Waals surface area contributed by atoms with Crippen LogP contribution in [0.15, 0.2) is 72.8 Å². The van der Waals surface area contributed by atoms with Crippen molar-refractivity contribution in [1.29, 1.82) is 0 Å². The van der Waals surface area contributed by atoms with Crippen LogP contribution in [0.2, 0.25) is 15.1 Å². The van der Waals surface area contributed by atoms with E-state index in [1.54, 1.807) is 72.8 Å². The quantitative estimate of drug-likeness (QED) is 0.134. The maximum absolute atomic E-state index is 13.7. The number of fused-ring (bicyclic) bond motifs is 5. The van der Waals surface area contributed by atoms with E-state index in [1.165, 1.54) is 6.42 Å². The summed E-state index contributed by atoms with van der Waals surface area (Å²) in [6, 6.07) is 20.7. The SMILES string of the molecule is CC(CCC[C@@H](C)[C@H]1C(OC(=O)c2ccc(Cl)cc2)C[C@H]2[C@@H]3CCC4CC(OC(=O)c5ccc(Cl)cc5)CC[C@]4(C)[C@H]3CC[C@]12C)COC(=O)c1ccc(Cl)cc1. The molecule has 0 bridgehead atoms. The van der Waals surface area contributed by atoms with Crippen LogP contribution in [0.3, 0.4) is 0 Å². The van der Waals surface area contributed by atoms with Gasteiger partial charge < -0.3 is 14.2 Å². The summed E-state index contributed by atoms with van der Waals surface area (Å²) in [5.74, 6) is 2.10. The third-order valence-electron chi connectivity index (χ3n) is 14.9. The molecule has 3 aromatic carbocycles. The van der Waals surface area contributed by atoms with Crippen LogP contribution in [-0.4, -0.2) is 36.7 Å². The molecule has 3 aromatic rings. The van der Waals surface area contributed by atoms with Gasteiger partial charge in [-0.2, -0.15) is 0 Å². The summed E-state index contributed by atoms with van der Waals surface area (Å²) in [6.45, 7) is 9.90. The van der Waals surface area contributed by atoms with Crippen molar-refractivity contribution in [2.24, 2.45) is 52.3 Å². The van der Waals surface area contributed by atoms with Crippen molar-refractivity contribution in [3.63, 3.8) is 0 Å². The van der Waals surface area contributed by atoms with Gasteiger partial charge in [0.25, 0.3) is 0 Å². The first-order valence-corrected chi connectivity index (χ1v) is 22.2. The van der Waals surface area contributed by atoms with E-state index < -0.39 is 0 Å². The summed E-state index contributed by atoms with van der Waals surface area (Å²) in [4.78, 5) is 39.4. The molecule has 11 atom stereocenters. The van der Waals surface area contributed by atoms with E-state index in [0.29, 0.717) is 68.0 Å².